The van der Waals surface area contributed by atoms with Crippen molar-refractivity contribution in [3.8, 4) is 5.75 Å². The zero-order valence-electron chi connectivity index (χ0n) is 15.0. The van der Waals surface area contributed by atoms with Crippen LogP contribution in [0.2, 0.25) is 0 Å². The fourth-order valence-corrected chi connectivity index (χ4v) is 3.94. The molecule has 1 saturated heterocycles. The Morgan fingerprint density at radius 1 is 1.21 bits per heavy atom. The Labute approximate surface area is 145 Å². The van der Waals surface area contributed by atoms with Crippen molar-refractivity contribution in [1.29, 1.82) is 0 Å². The predicted octanol–water partition coefficient (Wildman–Crippen LogP) is 4.20. The Hall–Kier alpha value is -2.03. The zero-order valence-corrected chi connectivity index (χ0v) is 15.0. The Bertz CT molecular complexity index is 659. The van der Waals surface area contributed by atoms with Gasteiger partial charge in [-0.3, -0.25) is 4.79 Å². The van der Waals surface area contributed by atoms with Crippen LogP contribution < -0.4 is 4.74 Å². The molecule has 3 rings (SSSR count). The highest BCUT2D eigenvalue weighted by atomic mass is 16.5. The van der Waals surface area contributed by atoms with E-state index in [1.165, 1.54) is 5.57 Å². The van der Waals surface area contributed by atoms with E-state index in [2.05, 4.69) is 56.0 Å². The summed E-state index contributed by atoms with van der Waals surface area (Å²) < 4.78 is 5.22. The molecule has 1 aromatic carbocycles. The lowest BCUT2D eigenvalue weighted by Gasteiger charge is -2.35. The minimum absolute atomic E-state index is 0.111. The number of allylic oxidation sites excluding steroid dienone is 3. The number of carbonyl (C=O) groups is 1. The molecule has 1 heterocycles. The van der Waals surface area contributed by atoms with Crippen molar-refractivity contribution >= 4 is 5.91 Å². The molecule has 0 radical (unpaired) electrons. The largest absolute Gasteiger partial charge is 0.497 e. The molecule has 0 saturated carbocycles. The van der Waals surface area contributed by atoms with Crippen LogP contribution in [0.4, 0.5) is 0 Å². The molecule has 4 atom stereocenters. The molecule has 1 aromatic rings. The number of rotatable bonds is 4. The van der Waals surface area contributed by atoms with Crippen LogP contribution >= 0.6 is 0 Å². The maximum absolute atomic E-state index is 12.7. The molecule has 128 valence electrons. The first-order valence-electron chi connectivity index (χ1n) is 8.79. The van der Waals surface area contributed by atoms with E-state index >= 15 is 0 Å². The smallest absolute Gasteiger partial charge is 0.226 e. The van der Waals surface area contributed by atoms with Gasteiger partial charge in [0.2, 0.25) is 5.91 Å². The molecule has 1 fully saturated rings. The van der Waals surface area contributed by atoms with Crippen LogP contribution in [0.25, 0.3) is 0 Å². The minimum atomic E-state index is 0.111. The van der Waals surface area contributed by atoms with Crippen LogP contribution in [0.3, 0.4) is 0 Å². The lowest BCUT2D eigenvalue weighted by Crippen LogP contribution is -2.40. The van der Waals surface area contributed by atoms with Gasteiger partial charge in [0.25, 0.3) is 0 Å². The Balaban J connectivity index is 1.81. The third kappa shape index (κ3) is 3.12. The number of ether oxygens (including phenoxy) is 1. The van der Waals surface area contributed by atoms with Crippen molar-refractivity contribution in [3.63, 3.8) is 0 Å². The van der Waals surface area contributed by atoms with Gasteiger partial charge in [-0.05, 0) is 37.0 Å². The molecule has 0 aromatic heterocycles. The molecule has 1 aliphatic carbocycles. The van der Waals surface area contributed by atoms with Gasteiger partial charge in [-0.25, -0.2) is 0 Å². The van der Waals surface area contributed by atoms with Gasteiger partial charge in [-0.2, -0.15) is 0 Å². The van der Waals surface area contributed by atoms with E-state index in [0.717, 1.165) is 17.7 Å². The second kappa shape index (κ2) is 6.84. The molecule has 3 heteroatoms. The standard InChI is InChI=1S/C21H27NO2/c1-14-6-5-7-19(16(14)3)20-12-15(2)21(23)22(20)13-17-8-10-18(24-4)11-9-17/h5-11,15-16,19-20H,12-13H2,1-4H3/t15?,16?,19-,20?/m0/s1. The first-order chi connectivity index (χ1) is 11.5. The highest BCUT2D eigenvalue weighted by Gasteiger charge is 2.42. The topological polar surface area (TPSA) is 29.5 Å². The molecule has 0 spiro atoms. The van der Waals surface area contributed by atoms with Crippen LogP contribution in [0, 0.1) is 17.8 Å². The summed E-state index contributed by atoms with van der Waals surface area (Å²) in [5.41, 5.74) is 2.56. The second-order valence-electron chi connectivity index (χ2n) is 7.18. The lowest BCUT2D eigenvalue weighted by atomic mass is 9.78. The summed E-state index contributed by atoms with van der Waals surface area (Å²) in [5.74, 6) is 2.13. The van der Waals surface area contributed by atoms with E-state index in [1.807, 2.05) is 12.1 Å². The second-order valence-corrected chi connectivity index (χ2v) is 7.18. The van der Waals surface area contributed by atoms with Gasteiger partial charge >= 0.3 is 0 Å². The van der Waals surface area contributed by atoms with Crippen molar-refractivity contribution in [2.75, 3.05) is 7.11 Å². The summed E-state index contributed by atoms with van der Waals surface area (Å²) in [6, 6.07) is 8.31. The maximum Gasteiger partial charge on any atom is 0.226 e. The number of hydrogen-bond acceptors (Lipinski definition) is 2. The van der Waals surface area contributed by atoms with E-state index in [9.17, 15) is 4.79 Å². The van der Waals surface area contributed by atoms with Gasteiger partial charge in [0.1, 0.15) is 5.75 Å². The Morgan fingerprint density at radius 2 is 1.92 bits per heavy atom. The van der Waals surface area contributed by atoms with Gasteiger partial charge < -0.3 is 9.64 Å². The van der Waals surface area contributed by atoms with Crippen molar-refractivity contribution in [3.05, 3.63) is 53.6 Å². The van der Waals surface area contributed by atoms with E-state index in [0.29, 0.717) is 18.4 Å². The number of nitrogens with zero attached hydrogens (tertiary/aromatic N) is 1. The number of hydrogen-bond donors (Lipinski definition) is 0. The molecule has 0 bridgehead atoms. The van der Waals surface area contributed by atoms with E-state index in [-0.39, 0.29) is 17.9 Å². The summed E-state index contributed by atoms with van der Waals surface area (Å²) in [7, 11) is 1.67. The molecule has 3 unspecified atom stereocenters. The lowest BCUT2D eigenvalue weighted by molar-refractivity contribution is -0.132. The molecule has 1 aliphatic heterocycles. The number of methoxy groups -OCH3 is 1. The number of likely N-dealkylation sites (tertiary alicyclic amines) is 1. The third-order valence-electron chi connectivity index (χ3n) is 5.64. The fraction of sp³-hybridized carbons (Fsp3) is 0.476. The minimum Gasteiger partial charge on any atom is -0.497 e. The van der Waals surface area contributed by atoms with Crippen LogP contribution in [-0.2, 0) is 11.3 Å². The summed E-state index contributed by atoms with van der Waals surface area (Å²) >= 11 is 0. The third-order valence-corrected chi connectivity index (χ3v) is 5.64. The number of amides is 1. The first kappa shape index (κ1) is 16.8. The maximum atomic E-state index is 12.7. The Kier molecular flexibility index (Phi) is 4.79. The van der Waals surface area contributed by atoms with Gasteiger partial charge in [0.15, 0.2) is 0 Å². The molecule has 0 N–H and O–H groups in total. The fourth-order valence-electron chi connectivity index (χ4n) is 3.94. The van der Waals surface area contributed by atoms with Crippen molar-refractivity contribution < 1.29 is 9.53 Å². The van der Waals surface area contributed by atoms with Crippen molar-refractivity contribution in [2.24, 2.45) is 17.8 Å². The van der Waals surface area contributed by atoms with Crippen molar-refractivity contribution in [1.82, 2.24) is 4.90 Å². The molecular weight excluding hydrogens is 298 g/mol. The monoisotopic (exact) mass is 325 g/mol. The molecule has 2 aliphatic rings. The van der Waals surface area contributed by atoms with Crippen LogP contribution in [0.15, 0.2) is 48.1 Å². The van der Waals surface area contributed by atoms with Crippen LogP contribution in [0.1, 0.15) is 32.8 Å². The van der Waals surface area contributed by atoms with Gasteiger partial charge in [-0.1, -0.05) is 49.8 Å². The summed E-state index contributed by atoms with van der Waals surface area (Å²) in [5, 5.41) is 0. The first-order valence-corrected chi connectivity index (χ1v) is 8.79. The molecule has 3 nitrogen and oxygen atoms in total. The van der Waals surface area contributed by atoms with E-state index < -0.39 is 0 Å². The average molecular weight is 325 g/mol. The van der Waals surface area contributed by atoms with Gasteiger partial charge in [-0.15, -0.1) is 0 Å². The van der Waals surface area contributed by atoms with Gasteiger partial charge in [0, 0.05) is 24.4 Å². The SMILES string of the molecule is COc1ccc(CN2C(=O)C(C)CC2[C@H]2C=CC=C(C)C2C)cc1. The normalized spacial score (nSPS) is 29.8. The quantitative estimate of drug-likeness (QED) is 0.830. The highest BCUT2D eigenvalue weighted by Crippen LogP contribution is 2.38. The number of carbonyl (C=O) groups excluding carboxylic acids is 1. The Morgan fingerprint density at radius 3 is 2.58 bits per heavy atom. The van der Waals surface area contributed by atoms with E-state index in [1.54, 1.807) is 7.11 Å². The summed E-state index contributed by atoms with van der Waals surface area (Å²) in [6.45, 7) is 7.20. The summed E-state index contributed by atoms with van der Waals surface area (Å²) in [6.07, 6.45) is 7.57. The highest BCUT2D eigenvalue weighted by molar-refractivity contribution is 5.81. The van der Waals surface area contributed by atoms with Crippen LogP contribution in [-0.4, -0.2) is 24.0 Å². The summed E-state index contributed by atoms with van der Waals surface area (Å²) in [4.78, 5) is 14.8. The predicted molar refractivity (Wildman–Crippen MR) is 96.7 cm³/mol. The van der Waals surface area contributed by atoms with Crippen molar-refractivity contribution in [2.45, 2.75) is 39.8 Å². The van der Waals surface area contributed by atoms with E-state index in [4.69, 9.17) is 4.74 Å². The zero-order chi connectivity index (χ0) is 17.3. The molecule has 24 heavy (non-hydrogen) atoms. The van der Waals surface area contributed by atoms with Gasteiger partial charge in [0.05, 0.1) is 7.11 Å². The number of benzene rings is 1. The molecular formula is C21H27NO2. The average Bonchev–Trinajstić information content (AvgIpc) is 2.86. The van der Waals surface area contributed by atoms with Crippen LogP contribution in [0.5, 0.6) is 5.75 Å². The molecule has 1 amide bonds.